The minimum Gasteiger partial charge on any atom is -0.272 e. The van der Waals surface area contributed by atoms with E-state index in [-0.39, 0.29) is 5.82 Å². The Morgan fingerprint density at radius 1 is 1.14 bits per heavy atom. The summed E-state index contributed by atoms with van der Waals surface area (Å²) >= 11 is 1.40. The summed E-state index contributed by atoms with van der Waals surface area (Å²) in [6, 6.07) is 6.47. The Balaban J connectivity index is 1.90. The minimum absolute atomic E-state index is 0.344. The summed E-state index contributed by atoms with van der Waals surface area (Å²) in [6.07, 6.45) is 1.77. The fraction of sp³-hybridized carbons (Fsp3) is 0.143. The second-order valence-electron chi connectivity index (χ2n) is 4.87. The van der Waals surface area contributed by atoms with Gasteiger partial charge in [-0.1, -0.05) is 23.5 Å². The maximum absolute atomic E-state index is 14.0. The average molecular weight is 314 g/mol. The van der Waals surface area contributed by atoms with E-state index in [1.807, 2.05) is 14.0 Å². The molecule has 1 aromatic carbocycles. The van der Waals surface area contributed by atoms with E-state index in [0.29, 0.717) is 16.3 Å². The van der Waals surface area contributed by atoms with Crippen LogP contribution in [0.5, 0.6) is 0 Å². The average Bonchev–Trinajstić information content (AvgIpc) is 3.16. The molecule has 3 aromatic heterocycles. The molecule has 6 nitrogen and oxygen atoms in total. The Bertz CT molecular complexity index is 982. The Morgan fingerprint density at radius 3 is 2.68 bits per heavy atom. The third-order valence-electron chi connectivity index (χ3n) is 3.57. The number of aromatic nitrogens is 6. The lowest BCUT2D eigenvalue weighted by Crippen LogP contribution is -1.94. The summed E-state index contributed by atoms with van der Waals surface area (Å²) in [6.45, 7) is 1.97. The van der Waals surface area contributed by atoms with Crippen LogP contribution >= 0.6 is 11.3 Å². The zero-order chi connectivity index (χ0) is 15.3. The molecule has 0 radical (unpaired) electrons. The van der Waals surface area contributed by atoms with Crippen LogP contribution in [0.4, 0.5) is 4.39 Å². The SMILES string of the molecule is Cc1c(-c2nn3c(-c4ccccc4F)nnc3s2)cnn1C. The molecule has 4 aromatic rings. The maximum Gasteiger partial charge on any atom is 0.235 e. The van der Waals surface area contributed by atoms with Gasteiger partial charge in [0.2, 0.25) is 4.96 Å². The molecular formula is C14H11FN6S. The molecule has 0 bridgehead atoms. The van der Waals surface area contributed by atoms with E-state index >= 15 is 0 Å². The van der Waals surface area contributed by atoms with Gasteiger partial charge in [0, 0.05) is 12.7 Å². The van der Waals surface area contributed by atoms with Crippen molar-refractivity contribution in [2.75, 3.05) is 0 Å². The number of fused-ring (bicyclic) bond motifs is 1. The highest BCUT2D eigenvalue weighted by molar-refractivity contribution is 7.19. The predicted molar refractivity (Wildman–Crippen MR) is 81.0 cm³/mol. The topological polar surface area (TPSA) is 60.9 Å². The molecule has 0 saturated carbocycles. The van der Waals surface area contributed by atoms with E-state index in [0.717, 1.165) is 16.3 Å². The molecule has 0 fully saturated rings. The molecule has 0 aliphatic heterocycles. The second kappa shape index (κ2) is 4.70. The molecular weight excluding hydrogens is 303 g/mol. The van der Waals surface area contributed by atoms with Crippen molar-refractivity contribution in [2.24, 2.45) is 7.05 Å². The van der Waals surface area contributed by atoms with Crippen molar-refractivity contribution in [2.45, 2.75) is 6.92 Å². The molecule has 0 atom stereocenters. The van der Waals surface area contributed by atoms with E-state index in [2.05, 4.69) is 20.4 Å². The molecule has 3 heterocycles. The van der Waals surface area contributed by atoms with E-state index in [1.54, 1.807) is 33.6 Å². The maximum atomic E-state index is 14.0. The minimum atomic E-state index is -0.344. The Morgan fingerprint density at radius 2 is 1.95 bits per heavy atom. The van der Waals surface area contributed by atoms with Crippen LogP contribution in [0.25, 0.3) is 26.9 Å². The summed E-state index contributed by atoms with van der Waals surface area (Å²) in [5, 5.41) is 17.7. The Hall–Kier alpha value is -2.61. The monoisotopic (exact) mass is 314 g/mol. The number of halogens is 1. The van der Waals surface area contributed by atoms with E-state index in [9.17, 15) is 4.39 Å². The van der Waals surface area contributed by atoms with Crippen LogP contribution in [0.3, 0.4) is 0 Å². The lowest BCUT2D eigenvalue weighted by Gasteiger charge is -1.98. The molecule has 8 heteroatoms. The first-order valence-electron chi connectivity index (χ1n) is 6.61. The molecule has 110 valence electrons. The number of hydrogen-bond acceptors (Lipinski definition) is 5. The van der Waals surface area contributed by atoms with Crippen LogP contribution in [-0.2, 0) is 7.05 Å². The van der Waals surface area contributed by atoms with Gasteiger partial charge in [-0.3, -0.25) is 4.68 Å². The van der Waals surface area contributed by atoms with Gasteiger partial charge < -0.3 is 0 Å². The normalized spacial score (nSPS) is 11.4. The van der Waals surface area contributed by atoms with Gasteiger partial charge in [-0.15, -0.1) is 10.2 Å². The third kappa shape index (κ3) is 1.84. The van der Waals surface area contributed by atoms with Crippen LogP contribution < -0.4 is 0 Å². The molecule has 22 heavy (non-hydrogen) atoms. The van der Waals surface area contributed by atoms with Crippen LogP contribution in [0.15, 0.2) is 30.5 Å². The van der Waals surface area contributed by atoms with Crippen LogP contribution in [0.1, 0.15) is 5.69 Å². The van der Waals surface area contributed by atoms with Crippen LogP contribution in [-0.4, -0.2) is 29.6 Å². The van der Waals surface area contributed by atoms with Crippen molar-refractivity contribution in [1.29, 1.82) is 0 Å². The molecule has 0 amide bonds. The molecule has 0 aliphatic rings. The summed E-state index contributed by atoms with van der Waals surface area (Å²) in [4.78, 5) is 0.622. The highest BCUT2D eigenvalue weighted by Gasteiger charge is 2.18. The Labute approximate surface area is 128 Å². The number of nitrogens with zero attached hydrogens (tertiary/aromatic N) is 6. The first kappa shape index (κ1) is 13.1. The highest BCUT2D eigenvalue weighted by Crippen LogP contribution is 2.30. The lowest BCUT2D eigenvalue weighted by atomic mass is 10.2. The summed E-state index contributed by atoms with van der Waals surface area (Å²) in [5.74, 6) is 0.0565. The van der Waals surface area contributed by atoms with Gasteiger partial charge in [-0.2, -0.15) is 14.7 Å². The van der Waals surface area contributed by atoms with Gasteiger partial charge in [-0.05, 0) is 19.1 Å². The molecule has 0 saturated heterocycles. The van der Waals surface area contributed by atoms with Crippen molar-refractivity contribution in [3.05, 3.63) is 42.0 Å². The van der Waals surface area contributed by atoms with Crippen molar-refractivity contribution in [3.63, 3.8) is 0 Å². The Kier molecular flexibility index (Phi) is 2.80. The molecule has 0 aliphatic carbocycles. The largest absolute Gasteiger partial charge is 0.272 e. The van der Waals surface area contributed by atoms with E-state index in [4.69, 9.17) is 0 Å². The lowest BCUT2D eigenvalue weighted by molar-refractivity contribution is 0.629. The van der Waals surface area contributed by atoms with Crippen molar-refractivity contribution in [3.8, 4) is 22.0 Å². The third-order valence-corrected chi connectivity index (χ3v) is 4.50. The van der Waals surface area contributed by atoms with Crippen molar-refractivity contribution < 1.29 is 4.39 Å². The van der Waals surface area contributed by atoms with E-state index < -0.39 is 0 Å². The molecule has 0 unspecified atom stereocenters. The summed E-state index contributed by atoms with van der Waals surface area (Å²) in [5.41, 5.74) is 2.34. The highest BCUT2D eigenvalue weighted by atomic mass is 32.1. The number of rotatable bonds is 2. The van der Waals surface area contributed by atoms with E-state index in [1.165, 1.54) is 17.4 Å². The van der Waals surface area contributed by atoms with Gasteiger partial charge in [0.05, 0.1) is 17.3 Å². The molecule has 0 spiro atoms. The fourth-order valence-corrected chi connectivity index (χ4v) is 3.15. The molecule has 4 rings (SSSR count). The van der Waals surface area contributed by atoms with Gasteiger partial charge in [0.25, 0.3) is 0 Å². The predicted octanol–water partition coefficient (Wildman–Crippen LogP) is 2.70. The number of benzene rings is 1. The molecule has 0 N–H and O–H groups in total. The number of hydrogen-bond donors (Lipinski definition) is 0. The zero-order valence-corrected chi connectivity index (χ0v) is 12.7. The second-order valence-corrected chi connectivity index (χ2v) is 5.83. The smallest absolute Gasteiger partial charge is 0.235 e. The quantitative estimate of drug-likeness (QED) is 0.571. The number of aryl methyl sites for hydroxylation is 1. The van der Waals surface area contributed by atoms with Gasteiger partial charge >= 0.3 is 0 Å². The first-order valence-corrected chi connectivity index (χ1v) is 7.43. The first-order chi connectivity index (χ1) is 10.6. The van der Waals surface area contributed by atoms with Crippen molar-refractivity contribution >= 4 is 16.3 Å². The zero-order valence-electron chi connectivity index (χ0n) is 11.9. The van der Waals surface area contributed by atoms with Gasteiger partial charge in [-0.25, -0.2) is 4.39 Å². The van der Waals surface area contributed by atoms with Crippen LogP contribution in [0, 0.1) is 12.7 Å². The van der Waals surface area contributed by atoms with Crippen LogP contribution in [0.2, 0.25) is 0 Å². The van der Waals surface area contributed by atoms with Gasteiger partial charge in [0.1, 0.15) is 5.82 Å². The summed E-state index contributed by atoms with van der Waals surface area (Å²) in [7, 11) is 1.88. The van der Waals surface area contributed by atoms with Crippen molar-refractivity contribution in [1.82, 2.24) is 29.6 Å². The van der Waals surface area contributed by atoms with Gasteiger partial charge in [0.15, 0.2) is 10.8 Å². The standard InChI is InChI=1S/C14H11FN6S/c1-8-10(7-16-20(8)2)13-19-21-12(17-18-14(21)22-13)9-5-3-4-6-11(9)15/h3-7H,1-2H3. The fourth-order valence-electron chi connectivity index (χ4n) is 2.24. The summed E-state index contributed by atoms with van der Waals surface area (Å²) < 4.78 is 17.3.